The molecule has 0 bridgehead atoms. The Kier molecular flexibility index (Phi) is 7.40. The largest absolute Gasteiger partial charge is 0.473 e. The van der Waals surface area contributed by atoms with E-state index >= 15 is 0 Å². The number of ether oxygens (including phenoxy) is 1. The van der Waals surface area contributed by atoms with Gasteiger partial charge in [0.1, 0.15) is 12.6 Å². The zero-order chi connectivity index (χ0) is 21.3. The van der Waals surface area contributed by atoms with Gasteiger partial charge in [-0.1, -0.05) is 54.1 Å². The van der Waals surface area contributed by atoms with Crippen LogP contribution in [0.15, 0.2) is 72.9 Å². The minimum absolute atomic E-state index is 0.287. The summed E-state index contributed by atoms with van der Waals surface area (Å²) in [6.45, 7) is 2.31. The molecule has 0 spiro atoms. The van der Waals surface area contributed by atoms with Crippen LogP contribution in [0.2, 0.25) is 5.02 Å². The molecule has 7 heteroatoms. The van der Waals surface area contributed by atoms with Gasteiger partial charge in [0.25, 0.3) is 5.91 Å². The first kappa shape index (κ1) is 21.3. The van der Waals surface area contributed by atoms with Gasteiger partial charge < -0.3 is 15.4 Å². The summed E-state index contributed by atoms with van der Waals surface area (Å²) < 4.78 is 5.71. The summed E-state index contributed by atoms with van der Waals surface area (Å²) in [5, 5.41) is 5.79. The second-order valence-electron chi connectivity index (χ2n) is 6.67. The van der Waals surface area contributed by atoms with E-state index in [4.69, 9.17) is 16.3 Å². The Hall–Kier alpha value is -3.38. The fourth-order valence-corrected chi connectivity index (χ4v) is 2.92. The van der Waals surface area contributed by atoms with Crippen molar-refractivity contribution in [2.45, 2.75) is 26.1 Å². The highest BCUT2D eigenvalue weighted by molar-refractivity contribution is 6.33. The van der Waals surface area contributed by atoms with E-state index in [0.717, 1.165) is 11.1 Å². The molecule has 0 saturated heterocycles. The average Bonchev–Trinajstić information content (AvgIpc) is 2.77. The number of amides is 2. The van der Waals surface area contributed by atoms with Crippen LogP contribution in [0.3, 0.4) is 0 Å². The Morgan fingerprint density at radius 2 is 1.77 bits per heavy atom. The number of carbonyl (C=O) groups excluding carboxylic acids is 2. The van der Waals surface area contributed by atoms with Crippen LogP contribution in [0.5, 0.6) is 5.88 Å². The normalized spacial score (nSPS) is 11.4. The number of rotatable bonds is 8. The Labute approximate surface area is 180 Å². The van der Waals surface area contributed by atoms with Crippen LogP contribution in [0.1, 0.15) is 28.4 Å². The van der Waals surface area contributed by atoms with E-state index in [2.05, 4.69) is 15.6 Å². The molecule has 0 radical (unpaired) electrons. The second-order valence-corrected chi connectivity index (χ2v) is 7.08. The molecule has 0 aliphatic carbocycles. The highest BCUT2D eigenvalue weighted by Gasteiger charge is 2.18. The number of carbonyl (C=O) groups is 2. The van der Waals surface area contributed by atoms with Crippen molar-refractivity contribution in [3.05, 3.63) is 94.6 Å². The third-order valence-electron chi connectivity index (χ3n) is 4.35. The van der Waals surface area contributed by atoms with Crippen LogP contribution < -0.4 is 15.4 Å². The average molecular weight is 424 g/mol. The van der Waals surface area contributed by atoms with Gasteiger partial charge in [0.05, 0.1) is 10.6 Å². The van der Waals surface area contributed by atoms with Gasteiger partial charge in [-0.2, -0.15) is 0 Å². The van der Waals surface area contributed by atoms with E-state index in [0.29, 0.717) is 23.1 Å². The lowest BCUT2D eigenvalue weighted by atomic mass is 10.2. The smallest absolute Gasteiger partial charge is 0.253 e. The molecule has 154 valence electrons. The van der Waals surface area contributed by atoms with E-state index in [-0.39, 0.29) is 12.5 Å². The topological polar surface area (TPSA) is 80.3 Å². The molecule has 0 aliphatic rings. The summed E-state index contributed by atoms with van der Waals surface area (Å²) in [7, 11) is 0. The molecule has 1 atom stereocenters. The third-order valence-corrected chi connectivity index (χ3v) is 4.68. The molecule has 2 N–H and O–H groups in total. The van der Waals surface area contributed by atoms with Crippen LogP contribution in [0.25, 0.3) is 0 Å². The monoisotopic (exact) mass is 423 g/mol. The van der Waals surface area contributed by atoms with Crippen LogP contribution in [-0.4, -0.2) is 22.8 Å². The van der Waals surface area contributed by atoms with Crippen molar-refractivity contribution in [3.63, 3.8) is 0 Å². The first-order valence-electron chi connectivity index (χ1n) is 9.47. The summed E-state index contributed by atoms with van der Waals surface area (Å²) in [4.78, 5) is 28.8. The molecule has 30 heavy (non-hydrogen) atoms. The van der Waals surface area contributed by atoms with Gasteiger partial charge >= 0.3 is 0 Å². The maximum absolute atomic E-state index is 12.4. The van der Waals surface area contributed by atoms with Gasteiger partial charge in [0, 0.05) is 18.8 Å². The fourth-order valence-electron chi connectivity index (χ4n) is 2.70. The lowest BCUT2D eigenvalue weighted by Gasteiger charge is -2.15. The number of pyridine rings is 1. The first-order valence-corrected chi connectivity index (χ1v) is 9.85. The van der Waals surface area contributed by atoms with Crippen molar-refractivity contribution in [1.82, 2.24) is 15.6 Å². The zero-order valence-electron chi connectivity index (χ0n) is 16.5. The van der Waals surface area contributed by atoms with Crippen LogP contribution in [0.4, 0.5) is 0 Å². The van der Waals surface area contributed by atoms with E-state index in [9.17, 15) is 9.59 Å². The van der Waals surface area contributed by atoms with Crippen molar-refractivity contribution in [2.75, 3.05) is 0 Å². The molecule has 2 aromatic carbocycles. The van der Waals surface area contributed by atoms with Crippen molar-refractivity contribution < 1.29 is 14.3 Å². The molecule has 3 rings (SSSR count). The Bertz CT molecular complexity index is 1010. The van der Waals surface area contributed by atoms with Crippen molar-refractivity contribution in [1.29, 1.82) is 0 Å². The molecule has 2 amide bonds. The van der Waals surface area contributed by atoms with Gasteiger partial charge in [-0.3, -0.25) is 9.59 Å². The highest BCUT2D eigenvalue weighted by Crippen LogP contribution is 2.15. The molecule has 6 nitrogen and oxygen atoms in total. The van der Waals surface area contributed by atoms with Crippen molar-refractivity contribution in [3.8, 4) is 5.88 Å². The zero-order valence-corrected chi connectivity index (χ0v) is 17.2. The quantitative estimate of drug-likeness (QED) is 0.578. The van der Waals surface area contributed by atoms with Crippen molar-refractivity contribution in [2.24, 2.45) is 0 Å². The number of nitrogens with zero attached hydrogens (tertiary/aromatic N) is 1. The van der Waals surface area contributed by atoms with Crippen molar-refractivity contribution >= 4 is 23.4 Å². The van der Waals surface area contributed by atoms with Crippen LogP contribution in [-0.2, 0) is 17.9 Å². The number of benzene rings is 2. The van der Waals surface area contributed by atoms with Crippen LogP contribution in [0, 0.1) is 0 Å². The molecule has 0 saturated carbocycles. The molecule has 0 aliphatic heterocycles. The van der Waals surface area contributed by atoms with Gasteiger partial charge in [-0.15, -0.1) is 0 Å². The molecular weight excluding hydrogens is 402 g/mol. The number of halogens is 1. The molecule has 1 aromatic heterocycles. The first-order chi connectivity index (χ1) is 14.5. The molecule has 1 unspecified atom stereocenters. The van der Waals surface area contributed by atoms with Gasteiger partial charge in [0.15, 0.2) is 0 Å². The predicted molar refractivity (Wildman–Crippen MR) is 115 cm³/mol. The molecular formula is C23H22ClN3O3. The fraction of sp³-hybridized carbons (Fsp3) is 0.174. The summed E-state index contributed by atoms with van der Waals surface area (Å²) in [5.74, 6) is -0.228. The van der Waals surface area contributed by atoms with Crippen LogP contribution >= 0.6 is 11.6 Å². The van der Waals surface area contributed by atoms with E-state index in [1.54, 1.807) is 49.5 Å². The Balaban J connectivity index is 1.50. The number of aromatic nitrogens is 1. The SMILES string of the molecule is CC(NC(=O)c1ccccc1Cl)C(=O)NCc1ccnc(OCc2ccccc2)c1. The highest BCUT2D eigenvalue weighted by atomic mass is 35.5. The van der Waals surface area contributed by atoms with E-state index < -0.39 is 11.9 Å². The van der Waals surface area contributed by atoms with Gasteiger partial charge in [0.2, 0.25) is 11.8 Å². The van der Waals surface area contributed by atoms with E-state index in [1.165, 1.54) is 0 Å². The lowest BCUT2D eigenvalue weighted by molar-refractivity contribution is -0.122. The third kappa shape index (κ3) is 6.06. The minimum atomic E-state index is -0.718. The van der Waals surface area contributed by atoms with Gasteiger partial charge in [-0.25, -0.2) is 4.98 Å². The lowest BCUT2D eigenvalue weighted by Crippen LogP contribution is -2.44. The Morgan fingerprint density at radius 3 is 2.53 bits per heavy atom. The summed E-state index contributed by atoms with van der Waals surface area (Å²) >= 11 is 6.02. The van der Waals surface area contributed by atoms with Gasteiger partial charge in [-0.05, 0) is 36.2 Å². The number of nitrogens with one attached hydrogen (secondary N) is 2. The molecule has 3 aromatic rings. The number of hydrogen-bond acceptors (Lipinski definition) is 4. The summed E-state index contributed by atoms with van der Waals surface area (Å²) in [6, 6.07) is 19.3. The summed E-state index contributed by atoms with van der Waals surface area (Å²) in [5.41, 5.74) is 2.21. The maximum atomic E-state index is 12.4. The van der Waals surface area contributed by atoms with E-state index in [1.807, 2.05) is 30.3 Å². The molecule has 0 fully saturated rings. The Morgan fingerprint density at radius 1 is 1.03 bits per heavy atom. The standard InChI is InChI=1S/C23H22ClN3O3/c1-16(27-23(29)19-9-5-6-10-20(19)24)22(28)26-14-18-11-12-25-21(13-18)30-15-17-7-3-2-4-8-17/h2-13,16H,14-15H2,1H3,(H,26,28)(H,27,29). The molecule has 1 heterocycles. The number of hydrogen-bond donors (Lipinski definition) is 2. The minimum Gasteiger partial charge on any atom is -0.473 e. The summed E-state index contributed by atoms with van der Waals surface area (Å²) in [6.07, 6.45) is 1.63. The maximum Gasteiger partial charge on any atom is 0.253 e. The second kappa shape index (κ2) is 10.4. The predicted octanol–water partition coefficient (Wildman–Crippen LogP) is 3.75.